The van der Waals surface area contributed by atoms with Gasteiger partial charge in [-0.15, -0.1) is 0 Å². The maximum atomic E-state index is 13.8. The second-order valence-electron chi connectivity index (χ2n) is 12.2. The molecule has 0 unspecified atom stereocenters. The molecule has 0 aliphatic carbocycles. The highest BCUT2D eigenvalue weighted by Crippen LogP contribution is 2.39. The first-order valence-corrected chi connectivity index (χ1v) is 17.4. The molecule has 2 amide bonds. The van der Waals surface area contributed by atoms with Gasteiger partial charge < -0.3 is 19.5 Å². The Kier molecular flexibility index (Phi) is 11.4. The number of halogens is 3. The lowest BCUT2D eigenvalue weighted by Gasteiger charge is -2.23. The van der Waals surface area contributed by atoms with Crippen LogP contribution >= 0.6 is 34.8 Å². The molecule has 0 saturated heterocycles. The monoisotopic (exact) mass is 737 g/mol. The van der Waals surface area contributed by atoms with Gasteiger partial charge in [0, 0.05) is 35.8 Å². The van der Waals surface area contributed by atoms with E-state index in [4.69, 9.17) is 44.1 Å². The number of rotatable bonds is 12. The number of ether oxygens (including phenoxy) is 1. The lowest BCUT2D eigenvalue weighted by Crippen LogP contribution is -2.30. The van der Waals surface area contributed by atoms with Gasteiger partial charge in [0.25, 0.3) is 11.8 Å². The molecule has 10 heteroatoms. The summed E-state index contributed by atoms with van der Waals surface area (Å²) < 4.78 is 11.8. The molecule has 6 rings (SSSR count). The predicted molar refractivity (Wildman–Crippen MR) is 203 cm³/mol. The van der Waals surface area contributed by atoms with Crippen LogP contribution < -0.4 is 10.1 Å². The predicted octanol–water partition coefficient (Wildman–Crippen LogP) is 11.1. The molecule has 1 N–H and O–H groups in total. The summed E-state index contributed by atoms with van der Waals surface area (Å²) in [5.74, 6) is 0.510. The number of anilines is 1. The highest BCUT2D eigenvalue weighted by molar-refractivity contribution is 6.39. The van der Waals surface area contributed by atoms with Crippen molar-refractivity contribution in [2.24, 2.45) is 0 Å². The molecule has 0 bridgehead atoms. The average molecular weight is 739 g/mol. The second-order valence-corrected chi connectivity index (χ2v) is 13.4. The summed E-state index contributed by atoms with van der Waals surface area (Å²) in [6.45, 7) is 4.94. The van der Waals surface area contributed by atoms with Crippen molar-refractivity contribution < 1.29 is 18.8 Å². The largest absolute Gasteiger partial charge is 0.489 e. The highest BCUT2D eigenvalue weighted by Gasteiger charge is 2.24. The molecular weight excluding hydrogens is 705 g/mol. The van der Waals surface area contributed by atoms with Gasteiger partial charge in [-0.05, 0) is 59.7 Å². The molecule has 0 fully saturated rings. The number of aromatic nitrogens is 1. The minimum absolute atomic E-state index is 0.0189. The Morgan fingerprint density at radius 3 is 2.00 bits per heavy atom. The van der Waals surface area contributed by atoms with Crippen LogP contribution in [0.2, 0.25) is 15.1 Å². The second kappa shape index (κ2) is 16.3. The normalized spacial score (nSPS) is 11.0. The van der Waals surface area contributed by atoms with Gasteiger partial charge in [0.05, 0.1) is 26.2 Å². The molecule has 0 atom stereocenters. The van der Waals surface area contributed by atoms with E-state index in [9.17, 15) is 9.59 Å². The first kappa shape index (κ1) is 35.7. The van der Waals surface area contributed by atoms with Crippen molar-refractivity contribution in [3.8, 4) is 17.0 Å². The van der Waals surface area contributed by atoms with E-state index in [-0.39, 0.29) is 29.0 Å². The molecule has 0 aliphatic heterocycles. The van der Waals surface area contributed by atoms with Gasteiger partial charge in [-0.2, -0.15) is 0 Å². The third kappa shape index (κ3) is 8.63. The number of nitrogens with zero attached hydrogens (tertiary/aromatic N) is 2. The lowest BCUT2D eigenvalue weighted by atomic mass is 10.0. The number of benzene rings is 5. The summed E-state index contributed by atoms with van der Waals surface area (Å²) in [5, 5.41) is 8.23. The summed E-state index contributed by atoms with van der Waals surface area (Å²) in [5.41, 5.74) is 4.94. The number of carbonyl (C=O) groups excluding carboxylic acids is 2. The van der Waals surface area contributed by atoms with Crippen LogP contribution in [-0.2, 0) is 19.7 Å². The molecule has 0 spiro atoms. The summed E-state index contributed by atoms with van der Waals surface area (Å²) >= 11 is 19.6. The van der Waals surface area contributed by atoms with Gasteiger partial charge in [-0.1, -0.05) is 127 Å². The number of carbonyl (C=O) groups is 2. The minimum Gasteiger partial charge on any atom is -0.489 e. The maximum Gasteiger partial charge on any atom is 0.257 e. The molecule has 1 heterocycles. The first-order valence-electron chi connectivity index (χ1n) is 16.3. The molecule has 258 valence electrons. The van der Waals surface area contributed by atoms with Crippen LogP contribution in [0.15, 0.2) is 126 Å². The van der Waals surface area contributed by atoms with Crippen LogP contribution in [0.3, 0.4) is 0 Å². The fourth-order valence-electron chi connectivity index (χ4n) is 5.68. The minimum atomic E-state index is -0.432. The maximum absolute atomic E-state index is 13.8. The van der Waals surface area contributed by atoms with Gasteiger partial charge in [0.15, 0.2) is 0 Å². The fraction of sp³-hybridized carbons (Fsp3) is 0.146. The van der Waals surface area contributed by atoms with E-state index in [1.807, 2.05) is 74.5 Å². The van der Waals surface area contributed by atoms with Gasteiger partial charge in [-0.3, -0.25) is 9.59 Å². The van der Waals surface area contributed by atoms with E-state index >= 15 is 0 Å². The van der Waals surface area contributed by atoms with E-state index in [0.717, 1.165) is 11.1 Å². The van der Waals surface area contributed by atoms with Crippen LogP contribution in [0.4, 0.5) is 5.69 Å². The number of hydrogen-bond acceptors (Lipinski definition) is 5. The fourth-order valence-corrected chi connectivity index (χ4v) is 6.51. The molecule has 0 aliphatic rings. The third-order valence-corrected chi connectivity index (χ3v) is 9.14. The molecular formula is C41H34Cl3N3O4. The average Bonchev–Trinajstić information content (AvgIpc) is 3.55. The lowest BCUT2D eigenvalue weighted by molar-refractivity contribution is 0.0729. The van der Waals surface area contributed by atoms with Crippen LogP contribution in [-0.4, -0.2) is 21.9 Å². The Balaban J connectivity index is 1.16. The van der Waals surface area contributed by atoms with Crippen molar-refractivity contribution in [1.29, 1.82) is 0 Å². The van der Waals surface area contributed by atoms with Crippen LogP contribution in [0, 0.1) is 0 Å². The standard InChI is InChI=1S/C41H34Cl3N3O4/c1-26(2)39-33(38(46-51-39)37-34(42)17-10-18-35(37)43)25-50-31-19-20-32(36(44)22-31)40(48)45-30-16-9-15-29(21-30)41(49)47(23-27-11-5-3-6-12-27)24-28-13-7-4-8-14-28/h3-22,26H,23-25H2,1-2H3,(H,45,48). The summed E-state index contributed by atoms with van der Waals surface area (Å²) in [6, 6.07) is 36.6. The molecule has 6 aromatic rings. The van der Waals surface area contributed by atoms with Gasteiger partial charge in [0.2, 0.25) is 0 Å². The van der Waals surface area contributed by atoms with E-state index in [1.54, 1.807) is 65.6 Å². The van der Waals surface area contributed by atoms with E-state index < -0.39 is 5.91 Å². The van der Waals surface area contributed by atoms with Crippen LogP contribution in [0.5, 0.6) is 5.75 Å². The Hall–Kier alpha value is -5.08. The van der Waals surface area contributed by atoms with E-state index in [2.05, 4.69) is 10.5 Å². The molecule has 0 saturated carbocycles. The van der Waals surface area contributed by atoms with Gasteiger partial charge in [-0.25, -0.2) is 0 Å². The van der Waals surface area contributed by atoms with Crippen molar-refractivity contribution in [1.82, 2.24) is 10.1 Å². The molecule has 51 heavy (non-hydrogen) atoms. The van der Waals surface area contributed by atoms with Crippen molar-refractivity contribution >= 4 is 52.3 Å². The van der Waals surface area contributed by atoms with Crippen LogP contribution in [0.1, 0.15) is 62.9 Å². The van der Waals surface area contributed by atoms with Crippen molar-refractivity contribution in [3.05, 3.63) is 170 Å². The molecule has 7 nitrogen and oxygen atoms in total. The van der Waals surface area contributed by atoms with Crippen LogP contribution in [0.25, 0.3) is 11.3 Å². The number of nitrogens with one attached hydrogen (secondary N) is 1. The quantitative estimate of drug-likeness (QED) is 0.135. The molecule has 0 radical (unpaired) electrons. The third-order valence-electron chi connectivity index (χ3n) is 8.20. The van der Waals surface area contributed by atoms with Crippen molar-refractivity contribution in [2.45, 2.75) is 39.5 Å². The van der Waals surface area contributed by atoms with Gasteiger partial charge in [0.1, 0.15) is 23.8 Å². The molecule has 5 aromatic carbocycles. The summed E-state index contributed by atoms with van der Waals surface area (Å²) in [6.07, 6.45) is 0. The first-order chi connectivity index (χ1) is 24.7. The SMILES string of the molecule is CC(C)c1onc(-c2c(Cl)cccc2Cl)c1COc1ccc(C(=O)Nc2cccc(C(=O)N(Cc3ccccc3)Cc3ccccc3)c2)c(Cl)c1. The van der Waals surface area contributed by atoms with Crippen molar-refractivity contribution in [2.75, 3.05) is 5.32 Å². The zero-order chi connectivity index (χ0) is 35.9. The topological polar surface area (TPSA) is 84.7 Å². The Morgan fingerprint density at radius 2 is 1.39 bits per heavy atom. The zero-order valence-electron chi connectivity index (χ0n) is 27.9. The van der Waals surface area contributed by atoms with E-state index in [0.29, 0.717) is 62.7 Å². The Morgan fingerprint density at radius 1 is 0.765 bits per heavy atom. The number of amides is 2. The Bertz CT molecular complexity index is 2090. The molecule has 1 aromatic heterocycles. The summed E-state index contributed by atoms with van der Waals surface area (Å²) in [4.78, 5) is 29.0. The smallest absolute Gasteiger partial charge is 0.257 e. The summed E-state index contributed by atoms with van der Waals surface area (Å²) in [7, 11) is 0. The highest BCUT2D eigenvalue weighted by atomic mass is 35.5. The Labute approximate surface area is 311 Å². The van der Waals surface area contributed by atoms with Crippen molar-refractivity contribution in [3.63, 3.8) is 0 Å². The zero-order valence-corrected chi connectivity index (χ0v) is 30.2. The van der Waals surface area contributed by atoms with Gasteiger partial charge >= 0.3 is 0 Å². The number of hydrogen-bond donors (Lipinski definition) is 1. The van der Waals surface area contributed by atoms with E-state index in [1.165, 1.54) is 0 Å².